The van der Waals surface area contributed by atoms with E-state index in [1.165, 1.54) is 6.07 Å². The van der Waals surface area contributed by atoms with Gasteiger partial charge in [0.1, 0.15) is 5.82 Å². The fraction of sp³-hybridized carbons (Fsp3) is 0.188. The van der Waals surface area contributed by atoms with Gasteiger partial charge in [0.25, 0.3) is 0 Å². The van der Waals surface area contributed by atoms with Gasteiger partial charge in [-0.05, 0) is 22.8 Å². The van der Waals surface area contributed by atoms with E-state index in [-0.39, 0.29) is 12.2 Å². The topological polar surface area (TPSA) is 63.3 Å². The molecule has 0 spiro atoms. The van der Waals surface area contributed by atoms with Crippen molar-refractivity contribution in [2.45, 2.75) is 18.9 Å². The Balaban J connectivity index is 2.18. The third-order valence-electron chi connectivity index (χ3n) is 3.13. The van der Waals surface area contributed by atoms with E-state index in [0.717, 1.165) is 11.1 Å². The van der Waals surface area contributed by atoms with Crippen molar-refractivity contribution in [2.24, 2.45) is 5.73 Å². The number of carboxylic acid groups (broad SMARTS) is 1. The molecule has 2 aromatic carbocycles. The number of rotatable bonds is 5. The Bertz CT molecular complexity index is 613. The van der Waals surface area contributed by atoms with Gasteiger partial charge < -0.3 is 10.8 Å². The summed E-state index contributed by atoms with van der Waals surface area (Å²) in [5, 5.41) is 8.76. The largest absolute Gasteiger partial charge is 0.481 e. The molecule has 0 saturated carbocycles. The third kappa shape index (κ3) is 3.65. The number of benzene rings is 2. The lowest BCUT2D eigenvalue weighted by Gasteiger charge is -2.11. The zero-order valence-corrected chi connectivity index (χ0v) is 10.9. The average Bonchev–Trinajstić information content (AvgIpc) is 2.41. The van der Waals surface area contributed by atoms with Gasteiger partial charge in [0, 0.05) is 12.5 Å². The van der Waals surface area contributed by atoms with E-state index in [1.807, 2.05) is 18.2 Å². The molecule has 0 aliphatic heterocycles. The van der Waals surface area contributed by atoms with E-state index in [2.05, 4.69) is 0 Å². The summed E-state index contributed by atoms with van der Waals surface area (Å²) in [4.78, 5) is 10.7. The van der Waals surface area contributed by atoms with Crippen molar-refractivity contribution in [2.75, 3.05) is 0 Å². The van der Waals surface area contributed by atoms with Crippen molar-refractivity contribution in [3.8, 4) is 0 Å². The first kappa shape index (κ1) is 14.2. The standard InChI is InChI=1S/C16H16FNO2/c17-14-7-2-1-5-12(14)8-11-4-3-6-13(9-11)15(18)10-16(19)20/h1-7,9,15H,8,10,18H2,(H,19,20)/t15-/m0/s1. The van der Waals surface area contributed by atoms with Crippen molar-refractivity contribution in [3.63, 3.8) is 0 Å². The number of hydrogen-bond acceptors (Lipinski definition) is 2. The molecular weight excluding hydrogens is 257 g/mol. The molecule has 0 bridgehead atoms. The fourth-order valence-electron chi connectivity index (χ4n) is 2.10. The van der Waals surface area contributed by atoms with Gasteiger partial charge in [-0.1, -0.05) is 42.5 Å². The van der Waals surface area contributed by atoms with Crippen molar-refractivity contribution >= 4 is 5.97 Å². The minimum Gasteiger partial charge on any atom is -0.481 e. The lowest BCUT2D eigenvalue weighted by atomic mass is 9.98. The molecule has 3 N–H and O–H groups in total. The highest BCUT2D eigenvalue weighted by Gasteiger charge is 2.11. The van der Waals surface area contributed by atoms with Crippen molar-refractivity contribution in [1.29, 1.82) is 0 Å². The molecule has 0 amide bonds. The first-order valence-corrected chi connectivity index (χ1v) is 6.36. The lowest BCUT2D eigenvalue weighted by molar-refractivity contribution is -0.137. The molecule has 104 valence electrons. The smallest absolute Gasteiger partial charge is 0.305 e. The summed E-state index contributed by atoms with van der Waals surface area (Å²) in [6.07, 6.45) is 0.337. The van der Waals surface area contributed by atoms with Gasteiger partial charge in [-0.25, -0.2) is 4.39 Å². The predicted octanol–water partition coefficient (Wildman–Crippen LogP) is 2.89. The summed E-state index contributed by atoms with van der Waals surface area (Å²) in [5.74, 6) is -1.18. The first-order chi connectivity index (χ1) is 9.56. The van der Waals surface area contributed by atoms with Crippen LogP contribution in [0, 0.1) is 5.82 Å². The molecule has 20 heavy (non-hydrogen) atoms. The molecule has 2 aromatic rings. The van der Waals surface area contributed by atoms with E-state index >= 15 is 0 Å². The minimum absolute atomic E-state index is 0.122. The molecule has 0 saturated heterocycles. The van der Waals surface area contributed by atoms with Crippen LogP contribution in [-0.4, -0.2) is 11.1 Å². The van der Waals surface area contributed by atoms with Gasteiger partial charge in [0.05, 0.1) is 6.42 Å². The van der Waals surface area contributed by atoms with Gasteiger partial charge in [0.2, 0.25) is 0 Å². The third-order valence-corrected chi connectivity index (χ3v) is 3.13. The minimum atomic E-state index is -0.933. The number of hydrogen-bond donors (Lipinski definition) is 2. The highest BCUT2D eigenvalue weighted by atomic mass is 19.1. The monoisotopic (exact) mass is 273 g/mol. The Morgan fingerprint density at radius 1 is 1.20 bits per heavy atom. The number of carboxylic acids is 1. The van der Waals surface area contributed by atoms with Crippen LogP contribution in [0.15, 0.2) is 48.5 Å². The van der Waals surface area contributed by atoms with Crippen LogP contribution in [-0.2, 0) is 11.2 Å². The molecule has 0 radical (unpaired) electrons. The molecule has 0 aliphatic carbocycles. The molecule has 0 aromatic heterocycles. The van der Waals surface area contributed by atoms with Crippen LogP contribution < -0.4 is 5.73 Å². The zero-order valence-electron chi connectivity index (χ0n) is 10.9. The van der Waals surface area contributed by atoms with Crippen LogP contribution in [0.1, 0.15) is 29.2 Å². The first-order valence-electron chi connectivity index (χ1n) is 6.36. The van der Waals surface area contributed by atoms with Gasteiger partial charge in [-0.3, -0.25) is 4.79 Å². The van der Waals surface area contributed by atoms with Crippen LogP contribution in [0.5, 0.6) is 0 Å². The second-order valence-corrected chi connectivity index (χ2v) is 4.72. The number of nitrogens with two attached hydrogens (primary N) is 1. The maximum atomic E-state index is 13.6. The summed E-state index contributed by atoms with van der Waals surface area (Å²) in [5.41, 5.74) is 8.10. The van der Waals surface area contributed by atoms with Gasteiger partial charge in [-0.15, -0.1) is 0 Å². The van der Waals surface area contributed by atoms with Crippen molar-refractivity contribution in [3.05, 3.63) is 71.0 Å². The van der Waals surface area contributed by atoms with E-state index < -0.39 is 12.0 Å². The Hall–Kier alpha value is -2.20. The van der Waals surface area contributed by atoms with Gasteiger partial charge in [-0.2, -0.15) is 0 Å². The van der Waals surface area contributed by atoms with E-state index in [9.17, 15) is 9.18 Å². The molecule has 4 heteroatoms. The Kier molecular flexibility index (Phi) is 4.48. The van der Waals surface area contributed by atoms with Crippen LogP contribution in [0.2, 0.25) is 0 Å². The Labute approximate surface area is 116 Å². The van der Waals surface area contributed by atoms with E-state index in [4.69, 9.17) is 10.8 Å². The Morgan fingerprint density at radius 2 is 1.95 bits per heavy atom. The maximum absolute atomic E-state index is 13.6. The molecule has 3 nitrogen and oxygen atoms in total. The van der Waals surface area contributed by atoms with Crippen LogP contribution in [0.4, 0.5) is 4.39 Å². The number of aliphatic carboxylic acids is 1. The zero-order chi connectivity index (χ0) is 14.5. The van der Waals surface area contributed by atoms with Crippen LogP contribution in [0.25, 0.3) is 0 Å². The SMILES string of the molecule is N[C@@H](CC(=O)O)c1cccc(Cc2ccccc2F)c1. The molecule has 0 fully saturated rings. The second kappa shape index (κ2) is 6.30. The van der Waals surface area contributed by atoms with Crippen LogP contribution >= 0.6 is 0 Å². The van der Waals surface area contributed by atoms with E-state index in [1.54, 1.807) is 24.3 Å². The summed E-state index contributed by atoms with van der Waals surface area (Å²) >= 11 is 0. The summed E-state index contributed by atoms with van der Waals surface area (Å²) in [6.45, 7) is 0. The summed E-state index contributed by atoms with van der Waals surface area (Å²) in [7, 11) is 0. The summed E-state index contributed by atoms with van der Waals surface area (Å²) in [6, 6.07) is 13.4. The Morgan fingerprint density at radius 3 is 2.65 bits per heavy atom. The van der Waals surface area contributed by atoms with Crippen LogP contribution in [0.3, 0.4) is 0 Å². The molecule has 0 unspecified atom stereocenters. The lowest BCUT2D eigenvalue weighted by Crippen LogP contribution is -2.15. The molecule has 2 rings (SSSR count). The van der Waals surface area contributed by atoms with Crippen molar-refractivity contribution in [1.82, 2.24) is 0 Å². The van der Waals surface area contributed by atoms with Gasteiger partial charge in [0.15, 0.2) is 0 Å². The maximum Gasteiger partial charge on any atom is 0.305 e. The highest BCUT2D eigenvalue weighted by molar-refractivity contribution is 5.67. The predicted molar refractivity (Wildman–Crippen MR) is 74.8 cm³/mol. The quantitative estimate of drug-likeness (QED) is 0.880. The van der Waals surface area contributed by atoms with Gasteiger partial charge >= 0.3 is 5.97 Å². The number of carbonyl (C=O) groups is 1. The second-order valence-electron chi connectivity index (χ2n) is 4.72. The molecule has 0 aliphatic rings. The van der Waals surface area contributed by atoms with E-state index in [0.29, 0.717) is 12.0 Å². The average molecular weight is 273 g/mol. The van der Waals surface area contributed by atoms with Crippen molar-refractivity contribution < 1.29 is 14.3 Å². The molecule has 1 atom stereocenters. The fourth-order valence-corrected chi connectivity index (χ4v) is 2.10. The normalized spacial score (nSPS) is 12.1. The summed E-state index contributed by atoms with van der Waals surface area (Å²) < 4.78 is 13.6. The highest BCUT2D eigenvalue weighted by Crippen LogP contribution is 2.19. The molecule has 0 heterocycles. The number of halogens is 1. The molecular formula is C16H16FNO2.